The number of carboxylic acid groups (broad SMARTS) is 1. The van der Waals surface area contributed by atoms with E-state index in [-0.39, 0.29) is 17.4 Å². The number of rotatable bonds is 4. The van der Waals surface area contributed by atoms with E-state index in [2.05, 4.69) is 20.4 Å². The summed E-state index contributed by atoms with van der Waals surface area (Å²) in [4.78, 5) is 42.7. The summed E-state index contributed by atoms with van der Waals surface area (Å²) in [6.07, 6.45) is 2.67. The van der Waals surface area contributed by atoms with Gasteiger partial charge in [-0.1, -0.05) is 12.8 Å². The maximum absolute atomic E-state index is 12.7. The summed E-state index contributed by atoms with van der Waals surface area (Å²) in [7, 11) is 0. The Labute approximate surface area is 149 Å². The van der Waals surface area contributed by atoms with Gasteiger partial charge in [-0.15, -0.1) is 0 Å². The highest BCUT2D eigenvalue weighted by Gasteiger charge is 2.36. The summed E-state index contributed by atoms with van der Waals surface area (Å²) >= 11 is 0. The molecule has 1 saturated carbocycles. The molecule has 2 aromatic heterocycles. The Morgan fingerprint density at radius 1 is 1.19 bits per heavy atom. The van der Waals surface area contributed by atoms with Crippen LogP contribution in [-0.4, -0.2) is 36.7 Å². The Balaban J connectivity index is 1.89. The fraction of sp³-hybridized carbons (Fsp3) is 0.471. The molecule has 0 aromatic carbocycles. The van der Waals surface area contributed by atoms with Crippen molar-refractivity contribution in [2.45, 2.75) is 39.5 Å². The van der Waals surface area contributed by atoms with Gasteiger partial charge in [-0.05, 0) is 26.7 Å². The molecule has 1 aliphatic rings. The van der Waals surface area contributed by atoms with E-state index < -0.39 is 17.8 Å². The second kappa shape index (κ2) is 7.11. The zero-order valence-corrected chi connectivity index (χ0v) is 14.7. The second-order valence-corrected chi connectivity index (χ2v) is 6.62. The molecule has 9 nitrogen and oxygen atoms in total. The van der Waals surface area contributed by atoms with Gasteiger partial charge in [-0.25, -0.2) is 4.98 Å². The van der Waals surface area contributed by atoms with Crippen molar-refractivity contribution < 1.29 is 14.7 Å². The lowest BCUT2D eigenvalue weighted by atomic mass is 9.79. The number of hydrogen-bond acceptors (Lipinski definition) is 5. The van der Waals surface area contributed by atoms with Crippen LogP contribution in [0.2, 0.25) is 0 Å². The van der Waals surface area contributed by atoms with Crippen molar-refractivity contribution in [2.24, 2.45) is 11.8 Å². The third-order valence-electron chi connectivity index (χ3n) is 4.56. The third-order valence-corrected chi connectivity index (χ3v) is 4.56. The third kappa shape index (κ3) is 3.66. The molecule has 138 valence electrons. The molecular weight excluding hydrogens is 338 g/mol. The monoisotopic (exact) mass is 359 g/mol. The number of aromatic nitrogens is 4. The molecule has 9 heteroatoms. The summed E-state index contributed by atoms with van der Waals surface area (Å²) in [5.41, 5.74) is 0.825. The summed E-state index contributed by atoms with van der Waals surface area (Å²) in [6, 6.07) is 3.01. The number of aryl methyl sites for hydroxylation is 2. The predicted molar refractivity (Wildman–Crippen MR) is 93.2 cm³/mol. The molecular formula is C17H21N5O4. The average molecular weight is 359 g/mol. The lowest BCUT2D eigenvalue weighted by molar-refractivity contribution is -0.147. The first-order valence-electron chi connectivity index (χ1n) is 8.54. The molecule has 1 fully saturated rings. The van der Waals surface area contributed by atoms with Gasteiger partial charge in [0.15, 0.2) is 0 Å². The number of aromatic amines is 1. The largest absolute Gasteiger partial charge is 0.481 e. The van der Waals surface area contributed by atoms with Crippen LogP contribution in [0.5, 0.6) is 0 Å². The highest BCUT2D eigenvalue weighted by Crippen LogP contribution is 2.31. The van der Waals surface area contributed by atoms with Crippen LogP contribution < -0.4 is 10.9 Å². The molecule has 0 saturated heterocycles. The minimum Gasteiger partial charge on any atom is -0.481 e. The quantitative estimate of drug-likeness (QED) is 0.756. The van der Waals surface area contributed by atoms with Gasteiger partial charge in [0.1, 0.15) is 5.82 Å². The van der Waals surface area contributed by atoms with Gasteiger partial charge in [0.25, 0.3) is 5.56 Å². The molecule has 3 rings (SSSR count). The van der Waals surface area contributed by atoms with Crippen molar-refractivity contribution in [1.29, 1.82) is 0 Å². The van der Waals surface area contributed by atoms with E-state index >= 15 is 0 Å². The molecule has 0 spiro atoms. The van der Waals surface area contributed by atoms with Crippen molar-refractivity contribution in [3.8, 4) is 5.95 Å². The van der Waals surface area contributed by atoms with Crippen molar-refractivity contribution in [1.82, 2.24) is 19.7 Å². The fourth-order valence-corrected chi connectivity index (χ4v) is 3.37. The van der Waals surface area contributed by atoms with Crippen molar-refractivity contribution >= 4 is 17.7 Å². The number of nitrogens with zero attached hydrogens (tertiary/aromatic N) is 3. The molecule has 0 aliphatic heterocycles. The van der Waals surface area contributed by atoms with Gasteiger partial charge in [0.05, 0.1) is 17.5 Å². The number of amides is 1. The van der Waals surface area contributed by atoms with Crippen molar-refractivity contribution in [3.05, 3.63) is 33.9 Å². The van der Waals surface area contributed by atoms with Gasteiger partial charge >= 0.3 is 5.97 Å². The highest BCUT2D eigenvalue weighted by molar-refractivity contribution is 5.94. The van der Waals surface area contributed by atoms with E-state index in [0.717, 1.165) is 12.8 Å². The van der Waals surface area contributed by atoms with Crippen LogP contribution in [0, 0.1) is 25.7 Å². The fourth-order valence-electron chi connectivity index (χ4n) is 3.37. The summed E-state index contributed by atoms with van der Waals surface area (Å²) < 4.78 is 1.35. The van der Waals surface area contributed by atoms with E-state index in [4.69, 9.17) is 0 Å². The lowest BCUT2D eigenvalue weighted by Gasteiger charge is -2.27. The zero-order chi connectivity index (χ0) is 18.8. The van der Waals surface area contributed by atoms with Crippen LogP contribution in [0.3, 0.4) is 0 Å². The minimum absolute atomic E-state index is 0.192. The molecule has 1 amide bonds. The Bertz CT molecular complexity index is 901. The summed E-state index contributed by atoms with van der Waals surface area (Å²) in [5.74, 6) is -2.03. The zero-order valence-electron chi connectivity index (χ0n) is 14.7. The normalized spacial score (nSPS) is 19.9. The first-order chi connectivity index (χ1) is 12.3. The summed E-state index contributed by atoms with van der Waals surface area (Å²) in [5, 5.41) is 16.4. The van der Waals surface area contributed by atoms with E-state index in [1.54, 1.807) is 19.9 Å². The molecule has 26 heavy (non-hydrogen) atoms. The average Bonchev–Trinajstić information content (AvgIpc) is 2.94. The van der Waals surface area contributed by atoms with Crippen molar-refractivity contribution in [3.63, 3.8) is 0 Å². The Morgan fingerprint density at radius 3 is 2.54 bits per heavy atom. The van der Waals surface area contributed by atoms with E-state index in [1.807, 2.05) is 0 Å². The maximum Gasteiger partial charge on any atom is 0.307 e. The van der Waals surface area contributed by atoms with Crippen LogP contribution in [0.25, 0.3) is 5.95 Å². The van der Waals surface area contributed by atoms with Gasteiger partial charge in [-0.3, -0.25) is 19.4 Å². The number of anilines is 1. The van der Waals surface area contributed by atoms with Gasteiger partial charge in [0.2, 0.25) is 11.9 Å². The molecule has 0 unspecified atom stereocenters. The van der Waals surface area contributed by atoms with Gasteiger partial charge in [-0.2, -0.15) is 9.78 Å². The topological polar surface area (TPSA) is 130 Å². The highest BCUT2D eigenvalue weighted by atomic mass is 16.4. The van der Waals surface area contributed by atoms with Crippen LogP contribution in [0.1, 0.15) is 37.1 Å². The van der Waals surface area contributed by atoms with Crippen LogP contribution in [0.4, 0.5) is 5.82 Å². The number of carbonyl (C=O) groups excluding carboxylic acids is 1. The molecule has 2 atom stereocenters. The number of hydrogen-bond donors (Lipinski definition) is 3. The van der Waals surface area contributed by atoms with Gasteiger partial charge in [0, 0.05) is 17.8 Å². The van der Waals surface area contributed by atoms with Crippen LogP contribution in [-0.2, 0) is 9.59 Å². The molecule has 1 aliphatic carbocycles. The first-order valence-corrected chi connectivity index (χ1v) is 8.54. The van der Waals surface area contributed by atoms with E-state index in [9.17, 15) is 19.5 Å². The number of carbonyl (C=O) groups is 2. The number of aliphatic carboxylic acids is 1. The minimum atomic E-state index is -0.945. The first kappa shape index (κ1) is 17.8. The van der Waals surface area contributed by atoms with Gasteiger partial charge < -0.3 is 10.4 Å². The predicted octanol–water partition coefficient (Wildman–Crippen LogP) is 1.40. The van der Waals surface area contributed by atoms with Crippen LogP contribution >= 0.6 is 0 Å². The standard InChI is InChI=1S/C17H21N5O4/c1-9-8-14(23)20-17(18-9)22-13(7-10(2)21-22)19-15(24)11-5-3-4-6-12(11)16(25)26/h7-8,11-12H,3-6H2,1-2H3,(H,19,24)(H,25,26)(H,18,20,23)/t11-,12-/m0/s1. The Kier molecular flexibility index (Phi) is 4.88. The number of nitrogens with one attached hydrogen (secondary N) is 2. The molecule has 0 bridgehead atoms. The molecule has 0 radical (unpaired) electrons. The second-order valence-electron chi connectivity index (χ2n) is 6.62. The number of H-pyrrole nitrogens is 1. The Morgan fingerprint density at radius 2 is 1.88 bits per heavy atom. The molecule has 3 N–H and O–H groups in total. The van der Waals surface area contributed by atoms with Crippen LogP contribution in [0.15, 0.2) is 16.9 Å². The maximum atomic E-state index is 12.7. The molecule has 2 heterocycles. The smallest absolute Gasteiger partial charge is 0.307 e. The molecule has 2 aromatic rings. The van der Waals surface area contributed by atoms with E-state index in [1.165, 1.54) is 10.7 Å². The van der Waals surface area contributed by atoms with E-state index in [0.29, 0.717) is 30.0 Å². The lowest BCUT2D eigenvalue weighted by Crippen LogP contribution is -2.36. The SMILES string of the molecule is Cc1cc(=O)[nH]c(-n2nc(C)cc2NC(=O)[C@H]2CCCC[C@@H]2C(=O)O)n1. The Hall–Kier alpha value is -2.97. The van der Waals surface area contributed by atoms with Crippen molar-refractivity contribution in [2.75, 3.05) is 5.32 Å². The summed E-state index contributed by atoms with van der Waals surface area (Å²) in [6.45, 7) is 3.44. The number of carboxylic acids is 1.